The third-order valence-electron chi connectivity index (χ3n) is 6.40. The molecule has 1 unspecified atom stereocenters. The summed E-state index contributed by atoms with van der Waals surface area (Å²) >= 11 is 0. The molecule has 192 valence electrons. The van der Waals surface area contributed by atoms with E-state index in [0.717, 1.165) is 39.3 Å². The third-order valence-corrected chi connectivity index (χ3v) is 6.40. The summed E-state index contributed by atoms with van der Waals surface area (Å²) < 4.78 is 5.29. The smallest absolute Gasteiger partial charge is 0.432 e. The molecule has 11 nitrogen and oxygen atoms in total. The minimum atomic E-state index is -1.18. The highest BCUT2D eigenvalue weighted by Gasteiger charge is 2.36. The number of hydrogen-bond donors (Lipinski definition) is 1. The van der Waals surface area contributed by atoms with Gasteiger partial charge in [-0.15, -0.1) is 5.73 Å². The maximum Gasteiger partial charge on any atom is 0.533 e. The van der Waals surface area contributed by atoms with Crippen LogP contribution in [0.1, 0.15) is 36.3 Å². The van der Waals surface area contributed by atoms with Crippen molar-refractivity contribution >= 4 is 47.0 Å². The Morgan fingerprint density at radius 3 is 2.45 bits per heavy atom. The lowest BCUT2D eigenvalue weighted by molar-refractivity contribution is -0.177. The first-order chi connectivity index (χ1) is 18.3. The molecule has 5 rings (SSSR count). The Hall–Kier alpha value is -5.02. The zero-order valence-corrected chi connectivity index (χ0v) is 20.0. The number of hydroxylamine groups is 2. The molecule has 4 aliphatic rings. The summed E-state index contributed by atoms with van der Waals surface area (Å²) in [7, 11) is 0. The van der Waals surface area contributed by atoms with Crippen LogP contribution < -0.4 is 5.32 Å². The Balaban J connectivity index is 1.29. The van der Waals surface area contributed by atoms with E-state index in [1.807, 2.05) is 18.2 Å². The molecule has 11 heteroatoms. The number of carbonyl (C=O) groups excluding carboxylic acids is 6. The summed E-state index contributed by atoms with van der Waals surface area (Å²) in [6.45, 7) is -0.191. The first-order valence-electron chi connectivity index (χ1n) is 11.8. The van der Waals surface area contributed by atoms with Crippen molar-refractivity contribution in [3.05, 3.63) is 77.1 Å². The van der Waals surface area contributed by atoms with Crippen molar-refractivity contribution < 1.29 is 38.3 Å². The van der Waals surface area contributed by atoms with Gasteiger partial charge in [-0.05, 0) is 58.7 Å². The zero-order chi connectivity index (χ0) is 26.8. The predicted octanol–water partition coefficient (Wildman–Crippen LogP) is 2.29. The van der Waals surface area contributed by atoms with E-state index in [1.165, 1.54) is 0 Å². The summed E-state index contributed by atoms with van der Waals surface area (Å²) in [6, 6.07) is 5.33. The van der Waals surface area contributed by atoms with Gasteiger partial charge in [-0.1, -0.05) is 11.1 Å². The summed E-state index contributed by atoms with van der Waals surface area (Å²) in [5, 5.41) is 3.19. The zero-order valence-electron chi connectivity index (χ0n) is 20.0. The van der Waals surface area contributed by atoms with Gasteiger partial charge in [0.25, 0.3) is 23.6 Å². The number of benzene rings is 1. The van der Waals surface area contributed by atoms with E-state index in [-0.39, 0.29) is 38.3 Å². The number of allylic oxidation sites excluding steroid dienone is 4. The van der Waals surface area contributed by atoms with Crippen LogP contribution >= 0.6 is 0 Å². The number of carbonyl (C=O) groups is 6. The third kappa shape index (κ3) is 4.82. The van der Waals surface area contributed by atoms with Gasteiger partial charge in [0.1, 0.15) is 6.61 Å². The van der Waals surface area contributed by atoms with Crippen LogP contribution in [0.4, 0.5) is 10.5 Å². The van der Waals surface area contributed by atoms with Gasteiger partial charge in [0.05, 0.1) is 0 Å². The van der Waals surface area contributed by atoms with Crippen LogP contribution in [0.3, 0.4) is 0 Å². The lowest BCUT2D eigenvalue weighted by Crippen LogP contribution is -2.33. The Labute approximate surface area is 216 Å². The lowest BCUT2D eigenvalue weighted by Gasteiger charge is -2.17. The van der Waals surface area contributed by atoms with Crippen molar-refractivity contribution in [2.45, 2.75) is 25.2 Å². The van der Waals surface area contributed by atoms with Gasteiger partial charge in [0, 0.05) is 49.6 Å². The molecule has 38 heavy (non-hydrogen) atoms. The highest BCUT2D eigenvalue weighted by atomic mass is 16.8. The molecule has 0 bridgehead atoms. The van der Waals surface area contributed by atoms with Crippen LogP contribution in [-0.2, 0) is 33.5 Å². The Bertz CT molecular complexity index is 1410. The molecule has 2 aliphatic carbocycles. The number of nitrogens with zero attached hydrogens (tertiary/aromatic N) is 2. The van der Waals surface area contributed by atoms with Crippen molar-refractivity contribution in [2.75, 3.05) is 18.5 Å². The van der Waals surface area contributed by atoms with Crippen molar-refractivity contribution in [1.29, 1.82) is 0 Å². The van der Waals surface area contributed by atoms with Crippen LogP contribution in [0, 0.1) is 0 Å². The predicted molar refractivity (Wildman–Crippen MR) is 131 cm³/mol. The normalized spacial score (nSPS) is 19.3. The molecule has 0 saturated carbocycles. The number of imide groups is 2. The maximum atomic E-state index is 12.5. The second-order valence-corrected chi connectivity index (χ2v) is 8.75. The van der Waals surface area contributed by atoms with Crippen molar-refractivity contribution in [3.63, 3.8) is 0 Å². The van der Waals surface area contributed by atoms with Crippen LogP contribution in [0.25, 0.3) is 5.57 Å². The number of rotatable bonds is 7. The number of anilines is 1. The molecule has 1 fully saturated rings. The fourth-order valence-corrected chi connectivity index (χ4v) is 4.58. The fourth-order valence-electron chi connectivity index (χ4n) is 4.58. The largest absolute Gasteiger partial charge is 0.533 e. The van der Waals surface area contributed by atoms with Gasteiger partial charge in [-0.3, -0.25) is 33.7 Å². The molecule has 2 heterocycles. The molecule has 1 saturated heterocycles. The monoisotopic (exact) mass is 515 g/mol. The van der Waals surface area contributed by atoms with Gasteiger partial charge < -0.3 is 10.1 Å². The lowest BCUT2D eigenvalue weighted by atomic mass is 9.97. The summed E-state index contributed by atoms with van der Waals surface area (Å²) in [5.41, 5.74) is 6.87. The highest BCUT2D eigenvalue weighted by Crippen LogP contribution is 2.47. The van der Waals surface area contributed by atoms with Gasteiger partial charge in [-0.25, -0.2) is 4.79 Å². The molecule has 0 aromatic heterocycles. The summed E-state index contributed by atoms with van der Waals surface area (Å²) in [5.74, 6) is -2.94. The molecule has 0 radical (unpaired) electrons. The van der Waals surface area contributed by atoms with E-state index >= 15 is 0 Å². The van der Waals surface area contributed by atoms with Gasteiger partial charge >= 0.3 is 6.16 Å². The number of fused-ring (bicyclic) bond motifs is 3. The SMILES string of the molecule is O=C(CCN1C(=O)C=CC1=O)Nc1ccc2c(c1)C(COC(=O)ON1C(=O)CCC1=O)C1=CC=C=CC=C12. The molecule has 0 spiro atoms. The number of amides is 5. The number of hydrogen-bond acceptors (Lipinski definition) is 8. The van der Waals surface area contributed by atoms with Crippen molar-refractivity contribution in [2.24, 2.45) is 0 Å². The molecule has 5 amide bonds. The van der Waals surface area contributed by atoms with Crippen LogP contribution in [0.15, 0.2) is 66.0 Å². The molecular weight excluding hydrogens is 494 g/mol. The standard InChI is InChI=1S/C27H21N3O8/c31-22(12-13-29-23(32)8-9-24(29)33)28-16-6-7-19-17-4-2-1-3-5-18(17)21(20(19)14-16)15-37-27(36)38-30-25(34)10-11-26(30)35/h2-9,14,21H,10-13,15H2,(H,28,31). The van der Waals surface area contributed by atoms with E-state index in [2.05, 4.69) is 11.0 Å². The summed E-state index contributed by atoms with van der Waals surface area (Å²) in [4.78, 5) is 77.4. The minimum absolute atomic E-state index is 0.0292. The van der Waals surface area contributed by atoms with E-state index in [0.29, 0.717) is 10.8 Å². The molecule has 1 aromatic carbocycles. The van der Waals surface area contributed by atoms with E-state index in [4.69, 9.17) is 9.57 Å². The molecular formula is C27H21N3O8. The first-order valence-corrected chi connectivity index (χ1v) is 11.8. The topological polar surface area (TPSA) is 139 Å². The molecule has 2 aliphatic heterocycles. The van der Waals surface area contributed by atoms with Gasteiger partial charge in [0.15, 0.2) is 0 Å². The van der Waals surface area contributed by atoms with E-state index < -0.39 is 35.7 Å². The highest BCUT2D eigenvalue weighted by molar-refractivity contribution is 6.13. The second kappa shape index (κ2) is 10.2. The van der Waals surface area contributed by atoms with Crippen LogP contribution in [0.2, 0.25) is 0 Å². The second-order valence-electron chi connectivity index (χ2n) is 8.75. The molecule has 1 N–H and O–H groups in total. The minimum Gasteiger partial charge on any atom is -0.432 e. The van der Waals surface area contributed by atoms with Crippen LogP contribution in [0.5, 0.6) is 0 Å². The Morgan fingerprint density at radius 2 is 1.71 bits per heavy atom. The Kier molecular flexibility index (Phi) is 6.59. The van der Waals surface area contributed by atoms with E-state index in [9.17, 15) is 28.8 Å². The van der Waals surface area contributed by atoms with E-state index in [1.54, 1.807) is 24.3 Å². The van der Waals surface area contributed by atoms with Gasteiger partial charge in [-0.2, -0.15) is 0 Å². The number of nitrogens with one attached hydrogen (secondary N) is 1. The number of ether oxygens (including phenoxy) is 1. The molecule has 1 atom stereocenters. The maximum absolute atomic E-state index is 12.5. The van der Waals surface area contributed by atoms with Crippen molar-refractivity contribution in [3.8, 4) is 0 Å². The van der Waals surface area contributed by atoms with Crippen LogP contribution in [-0.4, -0.2) is 58.8 Å². The van der Waals surface area contributed by atoms with Gasteiger partial charge in [0.2, 0.25) is 5.91 Å². The quantitative estimate of drug-likeness (QED) is 0.332. The van der Waals surface area contributed by atoms with Crippen molar-refractivity contribution in [1.82, 2.24) is 9.96 Å². The Morgan fingerprint density at radius 1 is 1.00 bits per heavy atom. The fraction of sp³-hybridized carbons (Fsp3) is 0.222. The molecule has 1 aromatic rings. The average Bonchev–Trinajstić information content (AvgIpc) is 3.39. The summed E-state index contributed by atoms with van der Waals surface area (Å²) in [6.07, 6.45) is 8.23. The average molecular weight is 515 g/mol. The first kappa shape index (κ1) is 24.7.